The normalized spacial score (nSPS) is 18.4. The third-order valence-corrected chi connectivity index (χ3v) is 3.65. The van der Waals surface area contributed by atoms with E-state index in [9.17, 15) is 14.0 Å². The second-order valence-electron chi connectivity index (χ2n) is 4.80. The fraction of sp³-hybridized carbons (Fsp3) is 0.429. The second-order valence-corrected chi connectivity index (χ2v) is 5.21. The van der Waals surface area contributed by atoms with Crippen LogP contribution in [-0.4, -0.2) is 41.1 Å². The van der Waals surface area contributed by atoms with Crippen molar-refractivity contribution in [2.75, 3.05) is 13.2 Å². The summed E-state index contributed by atoms with van der Waals surface area (Å²) in [5.74, 6) is -1.73. The molecule has 0 aliphatic carbocycles. The number of halogens is 2. The van der Waals surface area contributed by atoms with Gasteiger partial charge in [-0.2, -0.15) is 0 Å². The first kappa shape index (κ1) is 15.6. The number of aliphatic carboxylic acids is 1. The Balaban J connectivity index is 1.98. The quantitative estimate of drug-likeness (QED) is 0.926. The third-order valence-electron chi connectivity index (χ3n) is 3.35. The number of carbonyl (C=O) groups excluding carboxylic acids is 1. The summed E-state index contributed by atoms with van der Waals surface area (Å²) in [7, 11) is 0. The molecule has 114 valence electrons. The van der Waals surface area contributed by atoms with Crippen molar-refractivity contribution < 1.29 is 23.8 Å². The zero-order chi connectivity index (χ0) is 15.4. The molecule has 5 nitrogen and oxygen atoms in total. The third kappa shape index (κ3) is 3.85. The van der Waals surface area contributed by atoms with Gasteiger partial charge in [0.25, 0.3) is 5.91 Å². The van der Waals surface area contributed by atoms with Crippen LogP contribution in [0.5, 0.6) is 5.75 Å². The molecule has 1 atom stereocenters. The molecule has 1 aliphatic heterocycles. The lowest BCUT2D eigenvalue weighted by atomic mass is 10.0. The number of hydrogen-bond acceptors (Lipinski definition) is 3. The Kier molecular flexibility index (Phi) is 5.01. The lowest BCUT2D eigenvalue weighted by Gasteiger charge is -2.32. The maximum Gasteiger partial charge on any atom is 0.326 e. The molecule has 0 radical (unpaired) electrons. The highest BCUT2D eigenvalue weighted by atomic mass is 35.5. The standard InChI is InChI=1S/C14H15ClFNO4/c15-10-7-9(16)4-5-12(10)21-8-13(18)17-6-2-1-3-11(17)14(19)20/h4-5,7,11H,1-3,6,8H2,(H,19,20)/t11-/m0/s1. The molecule has 1 aromatic rings. The van der Waals surface area contributed by atoms with E-state index in [0.29, 0.717) is 13.0 Å². The first-order chi connectivity index (χ1) is 9.99. The summed E-state index contributed by atoms with van der Waals surface area (Å²) in [4.78, 5) is 24.5. The summed E-state index contributed by atoms with van der Waals surface area (Å²) in [6.45, 7) is 0.0748. The van der Waals surface area contributed by atoms with Crippen molar-refractivity contribution in [2.45, 2.75) is 25.3 Å². The predicted molar refractivity (Wildman–Crippen MR) is 73.9 cm³/mol. The minimum atomic E-state index is -1.01. The fourth-order valence-electron chi connectivity index (χ4n) is 2.30. The van der Waals surface area contributed by atoms with Crippen molar-refractivity contribution in [1.29, 1.82) is 0 Å². The molecule has 1 amide bonds. The highest BCUT2D eigenvalue weighted by molar-refractivity contribution is 6.32. The molecule has 1 N–H and O–H groups in total. The number of nitrogens with zero attached hydrogens (tertiary/aromatic N) is 1. The average molecular weight is 316 g/mol. The van der Waals surface area contributed by atoms with E-state index in [2.05, 4.69) is 0 Å². The number of carboxylic acid groups (broad SMARTS) is 1. The monoisotopic (exact) mass is 315 g/mol. The van der Waals surface area contributed by atoms with Crippen molar-refractivity contribution in [3.63, 3.8) is 0 Å². The molecule has 1 aliphatic rings. The van der Waals surface area contributed by atoms with Gasteiger partial charge in [-0.1, -0.05) is 11.6 Å². The smallest absolute Gasteiger partial charge is 0.326 e. The fourth-order valence-corrected chi connectivity index (χ4v) is 2.52. The molecule has 1 saturated heterocycles. The Morgan fingerprint density at radius 2 is 2.19 bits per heavy atom. The summed E-state index contributed by atoms with van der Waals surface area (Å²) in [6, 6.07) is 2.78. The Morgan fingerprint density at radius 3 is 2.86 bits per heavy atom. The summed E-state index contributed by atoms with van der Waals surface area (Å²) in [6.07, 6.45) is 2.00. The maximum absolute atomic E-state index is 12.9. The molecule has 0 saturated carbocycles. The molecule has 0 spiro atoms. The highest BCUT2D eigenvalue weighted by Gasteiger charge is 2.32. The number of carboxylic acids is 1. The first-order valence-electron chi connectivity index (χ1n) is 6.59. The van der Waals surface area contributed by atoms with Crippen LogP contribution in [0, 0.1) is 5.82 Å². The van der Waals surface area contributed by atoms with Gasteiger partial charge >= 0.3 is 5.97 Å². The van der Waals surface area contributed by atoms with Crippen molar-refractivity contribution >= 4 is 23.5 Å². The van der Waals surface area contributed by atoms with E-state index in [4.69, 9.17) is 21.4 Å². The van der Waals surface area contributed by atoms with Crippen molar-refractivity contribution in [1.82, 2.24) is 4.90 Å². The number of carbonyl (C=O) groups is 2. The van der Waals surface area contributed by atoms with Gasteiger partial charge in [0, 0.05) is 6.54 Å². The van der Waals surface area contributed by atoms with Gasteiger partial charge in [0.05, 0.1) is 5.02 Å². The van der Waals surface area contributed by atoms with Crippen LogP contribution in [0.3, 0.4) is 0 Å². The van der Waals surface area contributed by atoms with Gasteiger partial charge in [-0.15, -0.1) is 0 Å². The Bertz CT molecular complexity index is 552. The average Bonchev–Trinajstić information content (AvgIpc) is 2.46. The molecule has 0 aromatic heterocycles. The predicted octanol–water partition coefficient (Wildman–Crippen LogP) is 2.32. The summed E-state index contributed by atoms with van der Waals surface area (Å²) in [5.41, 5.74) is 0. The van der Waals surface area contributed by atoms with E-state index in [1.807, 2.05) is 0 Å². The number of amides is 1. The number of benzene rings is 1. The minimum Gasteiger partial charge on any atom is -0.482 e. The molecule has 0 bridgehead atoms. The molecule has 2 rings (SSSR count). The van der Waals surface area contributed by atoms with Crippen LogP contribution in [0.4, 0.5) is 4.39 Å². The second kappa shape index (κ2) is 6.76. The van der Waals surface area contributed by atoms with Crippen LogP contribution in [-0.2, 0) is 9.59 Å². The molecule has 1 fully saturated rings. The van der Waals surface area contributed by atoms with E-state index in [1.165, 1.54) is 17.0 Å². The van der Waals surface area contributed by atoms with E-state index < -0.39 is 23.7 Å². The van der Waals surface area contributed by atoms with Crippen LogP contribution in [0.25, 0.3) is 0 Å². The van der Waals surface area contributed by atoms with Crippen LogP contribution in [0.15, 0.2) is 18.2 Å². The van der Waals surface area contributed by atoms with Gasteiger partial charge in [-0.05, 0) is 37.5 Å². The van der Waals surface area contributed by atoms with Crippen molar-refractivity contribution in [3.8, 4) is 5.75 Å². The zero-order valence-corrected chi connectivity index (χ0v) is 12.0. The van der Waals surface area contributed by atoms with Gasteiger partial charge in [-0.3, -0.25) is 4.79 Å². The number of ether oxygens (including phenoxy) is 1. The number of piperidine rings is 1. The molecule has 7 heteroatoms. The molecule has 1 heterocycles. The van der Waals surface area contributed by atoms with Crippen molar-refractivity contribution in [3.05, 3.63) is 29.0 Å². The van der Waals surface area contributed by atoms with E-state index >= 15 is 0 Å². The van der Waals surface area contributed by atoms with Crippen molar-refractivity contribution in [2.24, 2.45) is 0 Å². The Morgan fingerprint density at radius 1 is 1.43 bits per heavy atom. The number of hydrogen-bond donors (Lipinski definition) is 1. The van der Waals surface area contributed by atoms with E-state index in [1.54, 1.807) is 0 Å². The SMILES string of the molecule is O=C(O)[C@@H]1CCCCN1C(=O)COc1ccc(F)cc1Cl. The Labute approximate surface area is 126 Å². The lowest BCUT2D eigenvalue weighted by Crippen LogP contribution is -2.49. The van der Waals surface area contributed by atoms with E-state index in [-0.39, 0.29) is 17.4 Å². The van der Waals surface area contributed by atoms with Gasteiger partial charge in [-0.25, -0.2) is 9.18 Å². The largest absolute Gasteiger partial charge is 0.482 e. The molecule has 0 unspecified atom stereocenters. The first-order valence-corrected chi connectivity index (χ1v) is 6.97. The number of likely N-dealkylation sites (tertiary alicyclic amines) is 1. The van der Waals surface area contributed by atoms with Crippen LogP contribution in [0.2, 0.25) is 5.02 Å². The lowest BCUT2D eigenvalue weighted by molar-refractivity contribution is -0.152. The summed E-state index contributed by atoms with van der Waals surface area (Å²) in [5, 5.41) is 9.19. The van der Waals surface area contributed by atoms with E-state index in [0.717, 1.165) is 18.9 Å². The van der Waals surface area contributed by atoms with Gasteiger partial charge in [0.1, 0.15) is 17.6 Å². The molecular weight excluding hydrogens is 301 g/mol. The minimum absolute atomic E-state index is 0.0660. The van der Waals surface area contributed by atoms with Gasteiger partial charge < -0.3 is 14.7 Å². The summed E-state index contributed by atoms with van der Waals surface area (Å²) >= 11 is 5.79. The molecular formula is C14H15ClFNO4. The number of rotatable bonds is 4. The van der Waals surface area contributed by atoms with Crippen LogP contribution in [0.1, 0.15) is 19.3 Å². The summed E-state index contributed by atoms with van der Waals surface area (Å²) < 4.78 is 18.1. The van der Waals surface area contributed by atoms with Gasteiger partial charge in [0.2, 0.25) is 0 Å². The molecule has 21 heavy (non-hydrogen) atoms. The topological polar surface area (TPSA) is 66.8 Å². The van der Waals surface area contributed by atoms with Crippen LogP contribution < -0.4 is 4.74 Å². The van der Waals surface area contributed by atoms with Gasteiger partial charge in [0.15, 0.2) is 6.61 Å². The van der Waals surface area contributed by atoms with Crippen LogP contribution >= 0.6 is 11.6 Å². The zero-order valence-electron chi connectivity index (χ0n) is 11.2. The highest BCUT2D eigenvalue weighted by Crippen LogP contribution is 2.25. The Hall–Kier alpha value is -1.82. The maximum atomic E-state index is 12.9. The molecule has 1 aromatic carbocycles.